The van der Waals surface area contributed by atoms with E-state index in [2.05, 4.69) is 5.32 Å². The minimum atomic E-state index is -3.64. The summed E-state index contributed by atoms with van der Waals surface area (Å²) in [6, 6.07) is 11.1. The molecule has 2 aromatic carbocycles. The molecule has 0 aromatic heterocycles. The number of hydrogen-bond donors (Lipinski definition) is 1. The van der Waals surface area contributed by atoms with Crippen LogP contribution in [-0.2, 0) is 26.2 Å². The van der Waals surface area contributed by atoms with Crippen LogP contribution in [0, 0.1) is 0 Å². The Labute approximate surface area is 229 Å². The van der Waals surface area contributed by atoms with Crippen LogP contribution in [0.25, 0.3) is 0 Å². The number of halogens is 2. The van der Waals surface area contributed by atoms with Crippen LogP contribution in [0.1, 0.15) is 45.1 Å². The van der Waals surface area contributed by atoms with Crippen LogP contribution < -0.4 is 14.4 Å². The van der Waals surface area contributed by atoms with E-state index in [0.717, 1.165) is 12.7 Å². The van der Waals surface area contributed by atoms with Gasteiger partial charge >= 0.3 is 0 Å². The van der Waals surface area contributed by atoms with E-state index in [1.807, 2.05) is 13.8 Å². The number of amides is 2. The van der Waals surface area contributed by atoms with Gasteiger partial charge in [-0.3, -0.25) is 13.9 Å². The third kappa shape index (κ3) is 8.79. The molecule has 8 nitrogen and oxygen atoms in total. The molecule has 11 heteroatoms. The van der Waals surface area contributed by atoms with Crippen molar-refractivity contribution in [2.24, 2.45) is 0 Å². The highest BCUT2D eigenvalue weighted by molar-refractivity contribution is 7.92. The molecule has 0 radical (unpaired) electrons. The highest BCUT2D eigenvalue weighted by atomic mass is 35.5. The summed E-state index contributed by atoms with van der Waals surface area (Å²) in [7, 11) is -2.17. The van der Waals surface area contributed by atoms with Gasteiger partial charge in [-0.05, 0) is 49.1 Å². The van der Waals surface area contributed by atoms with Crippen molar-refractivity contribution >= 4 is 50.7 Å². The molecule has 0 aliphatic rings. The first-order valence-corrected chi connectivity index (χ1v) is 14.8. The number of benzene rings is 2. The molecular weight excluding hydrogens is 537 g/mol. The lowest BCUT2D eigenvalue weighted by Gasteiger charge is -2.31. The monoisotopic (exact) mass is 571 g/mol. The van der Waals surface area contributed by atoms with Gasteiger partial charge in [-0.15, -0.1) is 0 Å². The van der Waals surface area contributed by atoms with Crippen molar-refractivity contribution in [3.63, 3.8) is 0 Å². The van der Waals surface area contributed by atoms with Gasteiger partial charge < -0.3 is 15.0 Å². The van der Waals surface area contributed by atoms with Crippen LogP contribution in [0.2, 0.25) is 10.0 Å². The van der Waals surface area contributed by atoms with Crippen LogP contribution in [0.4, 0.5) is 5.69 Å². The van der Waals surface area contributed by atoms with Crippen molar-refractivity contribution in [2.45, 2.75) is 52.1 Å². The number of ether oxygens (including phenoxy) is 1. The molecule has 1 unspecified atom stereocenters. The van der Waals surface area contributed by atoms with Gasteiger partial charge in [-0.1, -0.05) is 55.2 Å². The van der Waals surface area contributed by atoms with Crippen molar-refractivity contribution < 1.29 is 22.7 Å². The predicted molar refractivity (Wildman–Crippen MR) is 149 cm³/mol. The number of carbonyl (C=O) groups is 2. The zero-order chi connectivity index (χ0) is 27.6. The van der Waals surface area contributed by atoms with Gasteiger partial charge in [0.2, 0.25) is 21.8 Å². The largest absolute Gasteiger partial charge is 0.495 e. The van der Waals surface area contributed by atoms with E-state index in [1.54, 1.807) is 42.5 Å². The maximum atomic E-state index is 13.5. The Morgan fingerprint density at radius 3 is 2.41 bits per heavy atom. The number of rotatable bonds is 14. The first-order valence-electron chi connectivity index (χ1n) is 12.1. The van der Waals surface area contributed by atoms with Crippen molar-refractivity contribution in [1.29, 1.82) is 0 Å². The fourth-order valence-electron chi connectivity index (χ4n) is 3.94. The Kier molecular flexibility index (Phi) is 12.0. The van der Waals surface area contributed by atoms with E-state index >= 15 is 0 Å². The van der Waals surface area contributed by atoms with Gasteiger partial charge in [-0.2, -0.15) is 0 Å². The summed E-state index contributed by atoms with van der Waals surface area (Å²) in [5, 5.41) is 3.73. The maximum Gasteiger partial charge on any atom is 0.242 e. The number of nitrogens with one attached hydrogen (secondary N) is 1. The molecule has 0 bridgehead atoms. The van der Waals surface area contributed by atoms with E-state index in [9.17, 15) is 18.0 Å². The summed E-state index contributed by atoms with van der Waals surface area (Å²) < 4.78 is 31.7. The zero-order valence-corrected chi connectivity index (χ0v) is 24.0. The molecule has 2 rings (SSSR count). The Hall–Kier alpha value is -2.49. The van der Waals surface area contributed by atoms with Crippen LogP contribution in [0.3, 0.4) is 0 Å². The zero-order valence-electron chi connectivity index (χ0n) is 21.7. The molecule has 0 heterocycles. The van der Waals surface area contributed by atoms with Gasteiger partial charge in [-0.25, -0.2) is 8.42 Å². The number of anilines is 1. The quantitative estimate of drug-likeness (QED) is 0.348. The molecule has 0 aliphatic heterocycles. The maximum absolute atomic E-state index is 13.5. The number of sulfonamides is 1. The third-order valence-electron chi connectivity index (χ3n) is 5.80. The molecule has 0 saturated carbocycles. The number of nitrogens with zero attached hydrogens (tertiary/aromatic N) is 2. The van der Waals surface area contributed by atoms with E-state index in [0.29, 0.717) is 40.0 Å². The molecule has 37 heavy (non-hydrogen) atoms. The summed E-state index contributed by atoms with van der Waals surface area (Å²) in [4.78, 5) is 27.9. The standard InChI is InChI=1S/C26H35Cl2N3O5S/c1-5-15-29-26(33)22(6-2)30(18-19-13-14-20(27)17-21(19)28)25(32)12-9-16-31(37(4,34)35)23-10-7-8-11-24(23)36-3/h7-8,10-11,13-14,17,22H,5-6,9,12,15-16,18H2,1-4H3,(H,29,33). The average Bonchev–Trinajstić information content (AvgIpc) is 2.85. The number of hydrogen-bond acceptors (Lipinski definition) is 5. The Morgan fingerprint density at radius 2 is 1.81 bits per heavy atom. The van der Waals surface area contributed by atoms with Crippen molar-refractivity contribution in [1.82, 2.24) is 10.2 Å². The van der Waals surface area contributed by atoms with Gasteiger partial charge in [0.1, 0.15) is 11.8 Å². The summed E-state index contributed by atoms with van der Waals surface area (Å²) in [5.41, 5.74) is 1.06. The first-order chi connectivity index (χ1) is 17.5. The SMILES string of the molecule is CCCNC(=O)C(CC)N(Cc1ccc(Cl)cc1Cl)C(=O)CCCN(c1ccccc1OC)S(C)(=O)=O. The number of carbonyl (C=O) groups excluding carboxylic acids is 2. The minimum Gasteiger partial charge on any atom is -0.495 e. The van der Waals surface area contributed by atoms with Crippen molar-refractivity contribution in [2.75, 3.05) is 30.8 Å². The first kappa shape index (κ1) is 30.7. The molecule has 2 amide bonds. The topological polar surface area (TPSA) is 96.0 Å². The fourth-order valence-corrected chi connectivity index (χ4v) is 5.37. The van der Waals surface area contributed by atoms with Gasteiger partial charge in [0.15, 0.2) is 0 Å². The Bertz CT molecular complexity index is 1180. The smallest absolute Gasteiger partial charge is 0.242 e. The lowest BCUT2D eigenvalue weighted by Crippen LogP contribution is -2.49. The lowest BCUT2D eigenvalue weighted by molar-refractivity contribution is -0.141. The molecule has 204 valence electrons. The lowest BCUT2D eigenvalue weighted by atomic mass is 10.1. The van der Waals surface area contributed by atoms with Crippen molar-refractivity contribution in [3.8, 4) is 5.75 Å². The Balaban J connectivity index is 2.27. The van der Waals surface area contributed by atoms with E-state index in [-0.39, 0.29) is 37.7 Å². The molecule has 1 N–H and O–H groups in total. The molecular formula is C26H35Cl2N3O5S. The van der Waals surface area contributed by atoms with Gasteiger partial charge in [0.25, 0.3) is 0 Å². The third-order valence-corrected chi connectivity index (χ3v) is 7.56. The fraction of sp³-hybridized carbons (Fsp3) is 0.462. The summed E-state index contributed by atoms with van der Waals surface area (Å²) in [6.45, 7) is 4.48. The molecule has 0 fully saturated rings. The second-order valence-corrected chi connectivity index (χ2v) is 11.3. The molecule has 0 saturated heterocycles. The van der Waals surface area contributed by atoms with E-state index in [4.69, 9.17) is 27.9 Å². The average molecular weight is 573 g/mol. The highest BCUT2D eigenvalue weighted by Gasteiger charge is 2.29. The molecule has 0 spiro atoms. The van der Waals surface area contributed by atoms with Gasteiger partial charge in [0, 0.05) is 36.1 Å². The predicted octanol–water partition coefficient (Wildman–Crippen LogP) is 4.88. The van der Waals surface area contributed by atoms with E-state index in [1.165, 1.54) is 16.3 Å². The normalized spacial score (nSPS) is 12.1. The summed E-state index contributed by atoms with van der Waals surface area (Å²) in [6.07, 6.45) is 2.56. The molecule has 0 aliphatic carbocycles. The van der Waals surface area contributed by atoms with Gasteiger partial charge in [0.05, 0.1) is 19.1 Å². The summed E-state index contributed by atoms with van der Waals surface area (Å²) in [5.74, 6) is -0.107. The number of para-hydroxylation sites is 2. The van der Waals surface area contributed by atoms with Crippen LogP contribution in [-0.4, -0.2) is 57.6 Å². The number of methoxy groups -OCH3 is 1. The van der Waals surface area contributed by atoms with Crippen LogP contribution in [0.5, 0.6) is 5.75 Å². The molecule has 2 aromatic rings. The van der Waals surface area contributed by atoms with Crippen LogP contribution >= 0.6 is 23.2 Å². The minimum absolute atomic E-state index is 0.0317. The summed E-state index contributed by atoms with van der Waals surface area (Å²) >= 11 is 12.4. The molecule has 1 atom stereocenters. The second kappa shape index (κ2) is 14.4. The highest BCUT2D eigenvalue weighted by Crippen LogP contribution is 2.30. The van der Waals surface area contributed by atoms with E-state index < -0.39 is 16.1 Å². The van der Waals surface area contributed by atoms with Crippen LogP contribution in [0.15, 0.2) is 42.5 Å². The van der Waals surface area contributed by atoms with Crippen molar-refractivity contribution in [3.05, 3.63) is 58.1 Å². The Morgan fingerprint density at radius 1 is 1.11 bits per heavy atom. The second-order valence-electron chi connectivity index (χ2n) is 8.58.